The summed E-state index contributed by atoms with van der Waals surface area (Å²) in [6, 6.07) is 12.4. The van der Waals surface area contributed by atoms with Gasteiger partial charge in [0.05, 0.1) is 0 Å². The zero-order valence-electron chi connectivity index (χ0n) is 10.8. The highest BCUT2D eigenvalue weighted by Gasteiger charge is 2.12. The summed E-state index contributed by atoms with van der Waals surface area (Å²) in [5.41, 5.74) is 1.87. The Balaban J connectivity index is 2.11. The average Bonchev–Trinajstić information content (AvgIpc) is 2.39. The molecule has 0 amide bonds. The first-order chi connectivity index (χ1) is 9.58. The summed E-state index contributed by atoms with van der Waals surface area (Å²) < 4.78 is 14.1. The van der Waals surface area contributed by atoms with E-state index in [-0.39, 0.29) is 18.3 Å². The van der Waals surface area contributed by atoms with Gasteiger partial charge in [-0.25, -0.2) is 4.39 Å². The van der Waals surface area contributed by atoms with Crippen LogP contribution in [0.1, 0.15) is 11.1 Å². The van der Waals surface area contributed by atoms with Crippen molar-refractivity contribution in [1.82, 2.24) is 0 Å². The maximum absolute atomic E-state index is 13.4. The van der Waals surface area contributed by atoms with E-state index in [4.69, 9.17) is 11.6 Å². The molecule has 0 radical (unpaired) electrons. The van der Waals surface area contributed by atoms with Gasteiger partial charge in [-0.15, -0.1) is 0 Å². The number of hydrogen-bond donors (Lipinski definition) is 1. The fraction of sp³-hybridized carbons (Fsp3) is 0.250. The standard InChI is InChI=1S/C16H15BrClFO/c17-14-7-11(8-15(19)9-14)5-12(10-20)6-13-3-1-2-4-16(13)18/h1-4,7-9,12,20H,5-6,10H2. The minimum atomic E-state index is -0.274. The summed E-state index contributed by atoms with van der Waals surface area (Å²) in [5.74, 6) is -0.257. The zero-order chi connectivity index (χ0) is 14.5. The molecule has 0 aliphatic carbocycles. The van der Waals surface area contributed by atoms with Crippen molar-refractivity contribution < 1.29 is 9.50 Å². The Morgan fingerprint density at radius 1 is 1.15 bits per heavy atom. The van der Waals surface area contributed by atoms with Crippen LogP contribution in [0.15, 0.2) is 46.9 Å². The highest BCUT2D eigenvalue weighted by Crippen LogP contribution is 2.23. The molecule has 0 aromatic heterocycles. The van der Waals surface area contributed by atoms with E-state index >= 15 is 0 Å². The van der Waals surface area contributed by atoms with Gasteiger partial charge >= 0.3 is 0 Å². The van der Waals surface area contributed by atoms with E-state index in [9.17, 15) is 9.50 Å². The molecule has 0 fully saturated rings. The van der Waals surface area contributed by atoms with Crippen molar-refractivity contribution in [1.29, 1.82) is 0 Å². The Hall–Kier alpha value is -0.900. The quantitative estimate of drug-likeness (QED) is 0.827. The summed E-state index contributed by atoms with van der Waals surface area (Å²) in [6.07, 6.45) is 1.28. The Bertz CT molecular complexity index is 568. The summed E-state index contributed by atoms with van der Waals surface area (Å²) in [5, 5.41) is 10.2. The van der Waals surface area contributed by atoms with Crippen LogP contribution < -0.4 is 0 Å². The fourth-order valence-corrected chi connectivity index (χ4v) is 2.96. The minimum Gasteiger partial charge on any atom is -0.396 e. The topological polar surface area (TPSA) is 20.2 Å². The van der Waals surface area contributed by atoms with Gasteiger partial charge in [0, 0.05) is 16.1 Å². The van der Waals surface area contributed by atoms with Crippen molar-refractivity contribution in [3.8, 4) is 0 Å². The first kappa shape index (κ1) is 15.5. The van der Waals surface area contributed by atoms with Crippen molar-refractivity contribution in [2.45, 2.75) is 12.8 Å². The molecular weight excluding hydrogens is 343 g/mol. The van der Waals surface area contributed by atoms with Gasteiger partial charge in [-0.05, 0) is 54.2 Å². The van der Waals surface area contributed by atoms with E-state index in [1.807, 2.05) is 30.3 Å². The van der Waals surface area contributed by atoms with Crippen molar-refractivity contribution >= 4 is 27.5 Å². The third kappa shape index (κ3) is 4.30. The maximum Gasteiger partial charge on any atom is 0.124 e. The van der Waals surface area contributed by atoms with Gasteiger partial charge in [-0.3, -0.25) is 0 Å². The summed E-state index contributed by atoms with van der Waals surface area (Å²) in [7, 11) is 0. The molecule has 2 aromatic carbocycles. The SMILES string of the molecule is OCC(Cc1cc(F)cc(Br)c1)Cc1ccccc1Cl. The molecule has 1 N–H and O–H groups in total. The lowest BCUT2D eigenvalue weighted by atomic mass is 9.93. The van der Waals surface area contributed by atoms with Gasteiger partial charge < -0.3 is 5.11 Å². The lowest BCUT2D eigenvalue weighted by Gasteiger charge is -2.15. The molecule has 20 heavy (non-hydrogen) atoms. The number of aliphatic hydroxyl groups excluding tert-OH is 1. The molecule has 1 unspecified atom stereocenters. The van der Waals surface area contributed by atoms with Crippen LogP contribution in [0.25, 0.3) is 0 Å². The molecule has 1 nitrogen and oxygen atoms in total. The lowest BCUT2D eigenvalue weighted by molar-refractivity contribution is 0.225. The predicted octanol–water partition coefficient (Wildman–Crippen LogP) is 4.64. The molecular formula is C16H15BrClFO. The van der Waals surface area contributed by atoms with Crippen molar-refractivity contribution in [2.75, 3.05) is 6.61 Å². The predicted molar refractivity (Wildman–Crippen MR) is 83.5 cm³/mol. The number of rotatable bonds is 5. The molecule has 0 saturated heterocycles. The molecule has 0 heterocycles. The second-order valence-electron chi connectivity index (χ2n) is 4.83. The first-order valence-corrected chi connectivity index (χ1v) is 7.55. The van der Waals surface area contributed by atoms with Crippen LogP contribution in [0, 0.1) is 11.7 Å². The van der Waals surface area contributed by atoms with E-state index in [0.29, 0.717) is 22.3 Å². The van der Waals surface area contributed by atoms with Crippen LogP contribution in [0.2, 0.25) is 5.02 Å². The van der Waals surface area contributed by atoms with Crippen LogP contribution in [-0.4, -0.2) is 11.7 Å². The van der Waals surface area contributed by atoms with Gasteiger partial charge in [0.15, 0.2) is 0 Å². The van der Waals surface area contributed by atoms with Crippen LogP contribution >= 0.6 is 27.5 Å². The van der Waals surface area contributed by atoms with E-state index in [1.54, 1.807) is 0 Å². The summed E-state index contributed by atoms with van der Waals surface area (Å²) in [4.78, 5) is 0. The molecule has 2 rings (SSSR count). The van der Waals surface area contributed by atoms with Crippen LogP contribution in [-0.2, 0) is 12.8 Å². The van der Waals surface area contributed by atoms with E-state index in [1.165, 1.54) is 12.1 Å². The number of halogens is 3. The highest BCUT2D eigenvalue weighted by atomic mass is 79.9. The zero-order valence-corrected chi connectivity index (χ0v) is 13.2. The molecule has 0 spiro atoms. The molecule has 4 heteroatoms. The van der Waals surface area contributed by atoms with Crippen molar-refractivity contribution in [3.05, 3.63) is 68.9 Å². The molecule has 2 aromatic rings. The number of benzene rings is 2. The van der Waals surface area contributed by atoms with Gasteiger partial charge in [0.25, 0.3) is 0 Å². The highest BCUT2D eigenvalue weighted by molar-refractivity contribution is 9.10. The van der Waals surface area contributed by atoms with E-state index in [0.717, 1.165) is 11.1 Å². The number of hydrogen-bond acceptors (Lipinski definition) is 1. The van der Waals surface area contributed by atoms with Gasteiger partial charge in [-0.1, -0.05) is 45.7 Å². The molecule has 0 aliphatic heterocycles. The van der Waals surface area contributed by atoms with Gasteiger partial charge in [-0.2, -0.15) is 0 Å². The summed E-state index contributed by atoms with van der Waals surface area (Å²) >= 11 is 9.41. The molecule has 0 saturated carbocycles. The Labute approximate surface area is 131 Å². The maximum atomic E-state index is 13.4. The van der Waals surface area contributed by atoms with Crippen LogP contribution in [0.4, 0.5) is 4.39 Å². The molecule has 1 atom stereocenters. The summed E-state index contributed by atoms with van der Waals surface area (Å²) in [6.45, 7) is 0.0410. The third-order valence-electron chi connectivity index (χ3n) is 3.17. The smallest absolute Gasteiger partial charge is 0.124 e. The molecule has 0 aliphatic rings. The second-order valence-corrected chi connectivity index (χ2v) is 6.15. The second kappa shape index (κ2) is 7.21. The normalized spacial score (nSPS) is 12.4. The van der Waals surface area contributed by atoms with E-state index < -0.39 is 0 Å². The average molecular weight is 358 g/mol. The minimum absolute atomic E-state index is 0.0172. The third-order valence-corrected chi connectivity index (χ3v) is 4.00. The fourth-order valence-electron chi connectivity index (χ4n) is 2.24. The van der Waals surface area contributed by atoms with Gasteiger partial charge in [0.1, 0.15) is 5.82 Å². The lowest BCUT2D eigenvalue weighted by Crippen LogP contribution is -2.13. The van der Waals surface area contributed by atoms with Crippen molar-refractivity contribution in [2.24, 2.45) is 5.92 Å². The Kier molecular flexibility index (Phi) is 5.58. The largest absolute Gasteiger partial charge is 0.396 e. The van der Waals surface area contributed by atoms with Crippen molar-refractivity contribution in [3.63, 3.8) is 0 Å². The number of aliphatic hydroxyl groups is 1. The Morgan fingerprint density at radius 3 is 2.55 bits per heavy atom. The first-order valence-electron chi connectivity index (χ1n) is 6.37. The van der Waals surface area contributed by atoms with Crippen LogP contribution in [0.5, 0.6) is 0 Å². The van der Waals surface area contributed by atoms with Gasteiger partial charge in [0.2, 0.25) is 0 Å². The van der Waals surface area contributed by atoms with Crippen LogP contribution in [0.3, 0.4) is 0 Å². The van der Waals surface area contributed by atoms with E-state index in [2.05, 4.69) is 15.9 Å². The molecule has 106 valence electrons. The molecule has 0 bridgehead atoms. The monoisotopic (exact) mass is 356 g/mol. The Morgan fingerprint density at radius 2 is 1.90 bits per heavy atom.